The van der Waals surface area contributed by atoms with Crippen LogP contribution in [0.5, 0.6) is 17.2 Å². The molecule has 0 aliphatic rings. The lowest BCUT2D eigenvalue weighted by Crippen LogP contribution is -2.16. The Hall–Kier alpha value is -3.74. The van der Waals surface area contributed by atoms with Crippen LogP contribution >= 0.6 is 0 Å². The molecule has 1 aromatic heterocycles. The third-order valence-electron chi connectivity index (χ3n) is 6.24. The molecule has 0 radical (unpaired) electrons. The van der Waals surface area contributed by atoms with Crippen LogP contribution in [0, 0.1) is 13.8 Å². The van der Waals surface area contributed by atoms with Crippen LogP contribution in [0.15, 0.2) is 69.9 Å². The van der Waals surface area contributed by atoms with Crippen molar-refractivity contribution in [3.63, 3.8) is 0 Å². The van der Waals surface area contributed by atoms with Gasteiger partial charge in [-0.15, -0.1) is 0 Å². The van der Waals surface area contributed by atoms with Gasteiger partial charge in [-0.1, -0.05) is 62.6 Å². The summed E-state index contributed by atoms with van der Waals surface area (Å²) >= 11 is 0. The molecule has 0 fully saturated rings. The van der Waals surface area contributed by atoms with E-state index < -0.39 is 23.1 Å². The van der Waals surface area contributed by atoms with E-state index in [0.717, 1.165) is 47.9 Å². The fourth-order valence-electron chi connectivity index (χ4n) is 4.45. The molecule has 4 aromatic rings. The summed E-state index contributed by atoms with van der Waals surface area (Å²) in [5.74, 6) is -1.80. The molecule has 38 heavy (non-hydrogen) atoms. The van der Waals surface area contributed by atoms with Crippen molar-refractivity contribution in [2.45, 2.75) is 65.7 Å². The number of aryl methyl sites for hydroxylation is 3. The van der Waals surface area contributed by atoms with Gasteiger partial charge >= 0.3 is 6.18 Å². The van der Waals surface area contributed by atoms with Crippen molar-refractivity contribution >= 4 is 11.0 Å². The van der Waals surface area contributed by atoms with E-state index in [-0.39, 0.29) is 23.3 Å². The summed E-state index contributed by atoms with van der Waals surface area (Å²) in [5, 5.41) is 0.0231. The molecule has 1 heterocycles. The number of ether oxygens (including phenoxy) is 2. The quantitative estimate of drug-likeness (QED) is 0.194. The summed E-state index contributed by atoms with van der Waals surface area (Å²) in [6.07, 6.45) is -0.329. The van der Waals surface area contributed by atoms with E-state index in [0.29, 0.717) is 12.2 Å². The highest BCUT2D eigenvalue weighted by molar-refractivity contribution is 5.81. The zero-order valence-electron chi connectivity index (χ0n) is 21.8. The molecule has 0 amide bonds. The second kappa shape index (κ2) is 11.8. The molecule has 4 rings (SSSR count). The molecular formula is C31H31F3O4. The SMILES string of the molecule is CCCCCCc1cc2c(=O)c(Oc3cc(C)cc(C)c3)c(C(F)(F)F)oc2cc1OCc1ccccc1. The first-order valence-electron chi connectivity index (χ1n) is 12.8. The lowest BCUT2D eigenvalue weighted by Gasteiger charge is -2.16. The lowest BCUT2D eigenvalue weighted by atomic mass is 10.0. The first-order chi connectivity index (χ1) is 18.2. The number of alkyl halides is 3. The van der Waals surface area contributed by atoms with Crippen molar-refractivity contribution in [3.8, 4) is 17.2 Å². The smallest absolute Gasteiger partial charge is 0.453 e. The van der Waals surface area contributed by atoms with Crippen LogP contribution in [0.3, 0.4) is 0 Å². The Morgan fingerprint density at radius 2 is 1.61 bits per heavy atom. The van der Waals surface area contributed by atoms with E-state index in [1.807, 2.05) is 36.4 Å². The van der Waals surface area contributed by atoms with Gasteiger partial charge in [0.05, 0.1) is 5.39 Å². The van der Waals surface area contributed by atoms with Crippen molar-refractivity contribution in [2.75, 3.05) is 0 Å². The molecule has 0 aliphatic heterocycles. The van der Waals surface area contributed by atoms with Crippen molar-refractivity contribution in [2.24, 2.45) is 0 Å². The zero-order chi connectivity index (χ0) is 27.3. The fourth-order valence-corrected chi connectivity index (χ4v) is 4.45. The molecule has 0 atom stereocenters. The Labute approximate surface area is 220 Å². The Balaban J connectivity index is 1.81. The van der Waals surface area contributed by atoms with E-state index in [2.05, 4.69) is 6.92 Å². The lowest BCUT2D eigenvalue weighted by molar-refractivity contribution is -0.154. The van der Waals surface area contributed by atoms with E-state index in [1.165, 1.54) is 6.07 Å². The summed E-state index contributed by atoms with van der Waals surface area (Å²) in [6, 6.07) is 17.5. The van der Waals surface area contributed by atoms with Crippen LogP contribution in [0.25, 0.3) is 11.0 Å². The van der Waals surface area contributed by atoms with E-state index in [4.69, 9.17) is 13.9 Å². The molecule has 200 valence electrons. The third-order valence-corrected chi connectivity index (χ3v) is 6.24. The maximum Gasteiger partial charge on any atom is 0.453 e. The van der Waals surface area contributed by atoms with Crippen molar-refractivity contribution in [3.05, 3.63) is 98.9 Å². The molecule has 0 saturated carbocycles. The van der Waals surface area contributed by atoms with Crippen LogP contribution in [0.2, 0.25) is 0 Å². The van der Waals surface area contributed by atoms with Crippen LogP contribution in [-0.4, -0.2) is 0 Å². The highest BCUT2D eigenvalue weighted by atomic mass is 19.4. The summed E-state index contributed by atoms with van der Waals surface area (Å²) in [4.78, 5) is 13.5. The summed E-state index contributed by atoms with van der Waals surface area (Å²) in [6.45, 7) is 5.95. The summed E-state index contributed by atoms with van der Waals surface area (Å²) in [7, 11) is 0. The Morgan fingerprint density at radius 3 is 2.26 bits per heavy atom. The molecule has 0 spiro atoms. The topological polar surface area (TPSA) is 48.7 Å². The Kier molecular flexibility index (Phi) is 8.45. The zero-order valence-corrected chi connectivity index (χ0v) is 21.8. The van der Waals surface area contributed by atoms with Crippen LogP contribution in [0.1, 0.15) is 60.6 Å². The molecule has 0 N–H and O–H groups in total. The average Bonchev–Trinajstić information content (AvgIpc) is 2.86. The first kappa shape index (κ1) is 27.3. The Bertz CT molecular complexity index is 1440. The molecule has 0 aliphatic carbocycles. The highest BCUT2D eigenvalue weighted by Gasteiger charge is 2.40. The normalized spacial score (nSPS) is 11.6. The van der Waals surface area contributed by atoms with Gasteiger partial charge in [0, 0.05) is 6.07 Å². The highest BCUT2D eigenvalue weighted by Crippen LogP contribution is 2.39. The Morgan fingerprint density at radius 1 is 0.895 bits per heavy atom. The van der Waals surface area contributed by atoms with Gasteiger partial charge in [-0.25, -0.2) is 0 Å². The van der Waals surface area contributed by atoms with Gasteiger partial charge in [-0.05, 0) is 67.1 Å². The molecule has 7 heteroatoms. The number of fused-ring (bicyclic) bond motifs is 1. The minimum absolute atomic E-state index is 0.0231. The van der Waals surface area contributed by atoms with E-state index >= 15 is 0 Å². The van der Waals surface area contributed by atoms with Gasteiger partial charge in [-0.2, -0.15) is 13.2 Å². The third kappa shape index (κ3) is 6.57. The van der Waals surface area contributed by atoms with Crippen LogP contribution in [0.4, 0.5) is 13.2 Å². The minimum Gasteiger partial charge on any atom is -0.488 e. The van der Waals surface area contributed by atoms with Gasteiger partial charge in [-0.3, -0.25) is 4.79 Å². The molecule has 0 saturated heterocycles. The summed E-state index contributed by atoms with van der Waals surface area (Å²) in [5.41, 5.74) is 2.19. The largest absolute Gasteiger partial charge is 0.488 e. The van der Waals surface area contributed by atoms with Crippen molar-refractivity contribution in [1.82, 2.24) is 0 Å². The van der Waals surface area contributed by atoms with E-state index in [9.17, 15) is 18.0 Å². The molecule has 0 bridgehead atoms. The minimum atomic E-state index is -4.94. The molecular weight excluding hydrogens is 493 g/mol. The standard InChI is InChI=1S/C31H31F3O4/c1-4-5-6-10-13-23-17-25-27(18-26(23)36-19-22-11-8-7-9-12-22)38-30(31(32,33)34)29(28(25)35)37-24-15-20(2)14-21(3)16-24/h7-9,11-12,14-18H,4-6,10,13,19H2,1-3H3. The fraction of sp³-hybridized carbons (Fsp3) is 0.323. The van der Waals surface area contributed by atoms with Crippen LogP contribution < -0.4 is 14.9 Å². The van der Waals surface area contributed by atoms with Crippen molar-refractivity contribution < 1.29 is 27.1 Å². The molecule has 0 unspecified atom stereocenters. The second-order valence-corrected chi connectivity index (χ2v) is 9.55. The number of halogens is 3. The first-order valence-corrected chi connectivity index (χ1v) is 12.8. The maximum atomic E-state index is 14.1. The van der Waals surface area contributed by atoms with Crippen molar-refractivity contribution in [1.29, 1.82) is 0 Å². The number of rotatable bonds is 10. The number of benzene rings is 3. The average molecular weight is 525 g/mol. The van der Waals surface area contributed by atoms with E-state index in [1.54, 1.807) is 32.0 Å². The number of hydrogen-bond acceptors (Lipinski definition) is 4. The van der Waals surface area contributed by atoms with Gasteiger partial charge in [0.1, 0.15) is 23.7 Å². The van der Waals surface area contributed by atoms with Crippen LogP contribution in [-0.2, 0) is 19.2 Å². The molecule has 3 aromatic carbocycles. The van der Waals surface area contributed by atoms with Gasteiger partial charge in [0.15, 0.2) is 0 Å². The van der Waals surface area contributed by atoms with Gasteiger partial charge < -0.3 is 13.9 Å². The molecule has 4 nitrogen and oxygen atoms in total. The maximum absolute atomic E-state index is 14.1. The predicted octanol–water partition coefficient (Wildman–Crippen LogP) is 8.92. The number of unbranched alkanes of at least 4 members (excludes halogenated alkanes) is 3. The summed E-state index contributed by atoms with van der Waals surface area (Å²) < 4.78 is 59.1. The van der Waals surface area contributed by atoms with Gasteiger partial charge in [0.2, 0.25) is 11.2 Å². The van der Waals surface area contributed by atoms with Gasteiger partial charge in [0.25, 0.3) is 5.76 Å². The monoisotopic (exact) mass is 524 g/mol. The number of hydrogen-bond donors (Lipinski definition) is 0. The predicted molar refractivity (Wildman–Crippen MR) is 142 cm³/mol. The second-order valence-electron chi connectivity index (χ2n) is 9.55.